The fraction of sp³-hybridized carbons (Fsp3) is 0.737. The van der Waals surface area contributed by atoms with Crippen LogP contribution in [-0.4, -0.2) is 10.6 Å². The van der Waals surface area contributed by atoms with Crippen LogP contribution in [0.5, 0.6) is 0 Å². The summed E-state index contributed by atoms with van der Waals surface area (Å²) in [6.07, 6.45) is 2.10. The Hall–Kier alpha value is -1.09. The Balaban J connectivity index is 3.13. The zero-order valence-electron chi connectivity index (χ0n) is 15.5. The van der Waals surface area contributed by atoms with Gasteiger partial charge in [-0.05, 0) is 31.7 Å². The highest BCUT2D eigenvalue weighted by molar-refractivity contribution is 5.21. The normalized spacial score (nSPS) is 13.6. The third kappa shape index (κ3) is 5.28. The molecule has 0 aliphatic heterocycles. The number of hydrogen-bond donors (Lipinski definition) is 1. The minimum absolute atomic E-state index is 0.0151. The monoisotopic (exact) mass is 306 g/mol. The summed E-state index contributed by atoms with van der Waals surface area (Å²) in [5, 5.41) is 3.43. The minimum atomic E-state index is -0.0151. The molecule has 0 bridgehead atoms. The van der Waals surface area contributed by atoms with Gasteiger partial charge in [-0.25, -0.2) is 0 Å². The average Bonchev–Trinajstić information content (AvgIpc) is 2.42. The van der Waals surface area contributed by atoms with Gasteiger partial charge in [0.1, 0.15) is 0 Å². The Morgan fingerprint density at radius 1 is 1.18 bits per heavy atom. The molecule has 1 unspecified atom stereocenters. The molecular formula is C19H34N2O. The molecule has 0 spiro atoms. The zero-order valence-corrected chi connectivity index (χ0v) is 15.5. The predicted octanol–water partition coefficient (Wildman–Crippen LogP) is 4.08. The molecule has 0 fully saturated rings. The lowest BCUT2D eigenvalue weighted by molar-refractivity contribution is 0.450. The first-order valence-electron chi connectivity index (χ1n) is 8.63. The Bertz CT molecular complexity index is 523. The third-order valence-corrected chi connectivity index (χ3v) is 4.20. The number of nitrogens with zero attached hydrogens (tertiary/aromatic N) is 1. The number of nitrogens with one attached hydrogen (secondary N) is 1. The number of hydrogen-bond acceptors (Lipinski definition) is 2. The summed E-state index contributed by atoms with van der Waals surface area (Å²) in [5.41, 5.74) is 2.16. The summed E-state index contributed by atoms with van der Waals surface area (Å²) in [6.45, 7) is 16.7. The standard InChI is InChI=1S/C19H34N2O/c1-8-15(4)20-13-16-9-10-17(19(5,6)7)21(18(16)22)12-11-14(2)3/h9-10,14-15,20H,8,11-13H2,1-7H3. The van der Waals surface area contributed by atoms with Crippen LogP contribution in [0.4, 0.5) is 0 Å². The van der Waals surface area contributed by atoms with E-state index in [-0.39, 0.29) is 11.0 Å². The fourth-order valence-corrected chi connectivity index (χ4v) is 2.45. The summed E-state index contributed by atoms with van der Waals surface area (Å²) < 4.78 is 1.99. The van der Waals surface area contributed by atoms with Crippen LogP contribution in [0.25, 0.3) is 0 Å². The molecule has 1 heterocycles. The first-order chi connectivity index (χ1) is 10.2. The van der Waals surface area contributed by atoms with E-state index in [9.17, 15) is 4.79 Å². The second-order valence-corrected chi connectivity index (χ2v) is 7.82. The molecule has 1 N–H and O–H groups in total. The van der Waals surface area contributed by atoms with Crippen molar-refractivity contribution in [2.75, 3.05) is 0 Å². The van der Waals surface area contributed by atoms with E-state index >= 15 is 0 Å². The molecule has 0 aliphatic rings. The first kappa shape index (κ1) is 19.0. The van der Waals surface area contributed by atoms with E-state index in [4.69, 9.17) is 0 Å². The molecule has 0 radical (unpaired) electrons. The van der Waals surface area contributed by atoms with Crippen molar-refractivity contribution in [1.29, 1.82) is 0 Å². The van der Waals surface area contributed by atoms with Crippen LogP contribution < -0.4 is 10.9 Å². The van der Waals surface area contributed by atoms with E-state index in [1.165, 1.54) is 0 Å². The smallest absolute Gasteiger partial charge is 0.255 e. The highest BCUT2D eigenvalue weighted by Crippen LogP contribution is 2.22. The molecule has 1 atom stereocenters. The van der Waals surface area contributed by atoms with E-state index in [1.807, 2.05) is 10.6 Å². The van der Waals surface area contributed by atoms with Crippen molar-refractivity contribution in [3.8, 4) is 0 Å². The number of pyridine rings is 1. The largest absolute Gasteiger partial charge is 0.312 e. The molecule has 1 aromatic heterocycles. The average molecular weight is 306 g/mol. The second kappa shape index (κ2) is 7.96. The van der Waals surface area contributed by atoms with Crippen LogP contribution in [0.1, 0.15) is 72.6 Å². The van der Waals surface area contributed by atoms with Gasteiger partial charge in [0.15, 0.2) is 0 Å². The van der Waals surface area contributed by atoms with Crippen LogP contribution in [-0.2, 0) is 18.5 Å². The molecule has 0 aromatic carbocycles. The molecule has 0 amide bonds. The minimum Gasteiger partial charge on any atom is -0.312 e. The van der Waals surface area contributed by atoms with Crippen molar-refractivity contribution in [3.05, 3.63) is 33.7 Å². The maximum Gasteiger partial charge on any atom is 0.255 e. The maximum atomic E-state index is 12.9. The topological polar surface area (TPSA) is 34.0 Å². The van der Waals surface area contributed by atoms with Gasteiger partial charge in [-0.15, -0.1) is 0 Å². The summed E-state index contributed by atoms with van der Waals surface area (Å²) >= 11 is 0. The van der Waals surface area contributed by atoms with Crippen molar-refractivity contribution >= 4 is 0 Å². The molecular weight excluding hydrogens is 272 g/mol. The molecule has 0 saturated carbocycles. The van der Waals surface area contributed by atoms with E-state index in [2.05, 4.69) is 59.8 Å². The summed E-state index contributed by atoms with van der Waals surface area (Å²) in [4.78, 5) is 12.9. The van der Waals surface area contributed by atoms with Crippen LogP contribution in [0.2, 0.25) is 0 Å². The molecule has 3 nitrogen and oxygen atoms in total. The van der Waals surface area contributed by atoms with Gasteiger partial charge in [-0.1, -0.05) is 47.6 Å². The lowest BCUT2D eigenvalue weighted by atomic mass is 9.90. The van der Waals surface area contributed by atoms with Gasteiger partial charge >= 0.3 is 0 Å². The highest BCUT2D eigenvalue weighted by atomic mass is 16.1. The molecule has 0 aliphatic carbocycles. The number of aromatic nitrogens is 1. The molecule has 22 heavy (non-hydrogen) atoms. The lowest BCUT2D eigenvalue weighted by Gasteiger charge is -2.25. The summed E-state index contributed by atoms with van der Waals surface area (Å²) in [6, 6.07) is 4.57. The maximum absolute atomic E-state index is 12.9. The Morgan fingerprint density at radius 3 is 2.32 bits per heavy atom. The molecule has 1 rings (SSSR count). The predicted molar refractivity (Wildman–Crippen MR) is 95.4 cm³/mol. The van der Waals surface area contributed by atoms with Gasteiger partial charge in [-0.2, -0.15) is 0 Å². The van der Waals surface area contributed by atoms with Crippen molar-refractivity contribution in [2.24, 2.45) is 5.92 Å². The van der Waals surface area contributed by atoms with Crippen molar-refractivity contribution < 1.29 is 0 Å². The van der Waals surface area contributed by atoms with E-state index in [1.54, 1.807) is 0 Å². The fourth-order valence-electron chi connectivity index (χ4n) is 2.45. The highest BCUT2D eigenvalue weighted by Gasteiger charge is 2.20. The van der Waals surface area contributed by atoms with E-state index in [0.717, 1.165) is 30.6 Å². The SMILES string of the molecule is CCC(C)NCc1ccc(C(C)(C)C)n(CCC(C)C)c1=O. The van der Waals surface area contributed by atoms with Crippen molar-refractivity contribution in [2.45, 2.75) is 85.9 Å². The van der Waals surface area contributed by atoms with Crippen LogP contribution >= 0.6 is 0 Å². The lowest BCUT2D eigenvalue weighted by Crippen LogP contribution is -2.35. The van der Waals surface area contributed by atoms with Gasteiger partial charge < -0.3 is 9.88 Å². The quantitative estimate of drug-likeness (QED) is 0.823. The van der Waals surface area contributed by atoms with E-state index < -0.39 is 0 Å². The molecule has 3 heteroatoms. The third-order valence-electron chi connectivity index (χ3n) is 4.20. The van der Waals surface area contributed by atoms with Crippen LogP contribution in [0.3, 0.4) is 0 Å². The van der Waals surface area contributed by atoms with Gasteiger partial charge in [0.2, 0.25) is 0 Å². The Morgan fingerprint density at radius 2 is 1.82 bits per heavy atom. The summed E-state index contributed by atoms with van der Waals surface area (Å²) in [7, 11) is 0. The van der Waals surface area contributed by atoms with Gasteiger partial charge in [0.05, 0.1) is 0 Å². The van der Waals surface area contributed by atoms with E-state index in [0.29, 0.717) is 18.5 Å². The summed E-state index contributed by atoms with van der Waals surface area (Å²) in [5.74, 6) is 0.599. The number of rotatable bonds is 7. The Labute approximate surface area is 136 Å². The van der Waals surface area contributed by atoms with Gasteiger partial charge in [0, 0.05) is 35.8 Å². The van der Waals surface area contributed by atoms with Crippen LogP contribution in [0.15, 0.2) is 16.9 Å². The first-order valence-corrected chi connectivity index (χ1v) is 8.63. The molecule has 0 saturated heterocycles. The Kier molecular flexibility index (Phi) is 6.86. The zero-order chi connectivity index (χ0) is 16.9. The molecule has 126 valence electrons. The van der Waals surface area contributed by atoms with Crippen molar-refractivity contribution in [3.63, 3.8) is 0 Å². The van der Waals surface area contributed by atoms with Crippen molar-refractivity contribution in [1.82, 2.24) is 9.88 Å². The van der Waals surface area contributed by atoms with Crippen LogP contribution in [0, 0.1) is 5.92 Å². The van der Waals surface area contributed by atoms with Gasteiger partial charge in [0.25, 0.3) is 5.56 Å². The second-order valence-electron chi connectivity index (χ2n) is 7.82. The molecule has 1 aromatic rings. The van der Waals surface area contributed by atoms with Gasteiger partial charge in [-0.3, -0.25) is 4.79 Å².